The zero-order chi connectivity index (χ0) is 21.2. The number of hydrogen-bond acceptors (Lipinski definition) is 5. The van der Waals surface area contributed by atoms with E-state index in [1.165, 1.54) is 17.8 Å². The van der Waals surface area contributed by atoms with Crippen molar-refractivity contribution in [2.45, 2.75) is 12.4 Å². The summed E-state index contributed by atoms with van der Waals surface area (Å²) in [5.41, 5.74) is 8.29. The number of hydrogen-bond donors (Lipinski definition) is 1. The quantitative estimate of drug-likeness (QED) is 0.315. The molecule has 5 nitrogen and oxygen atoms in total. The summed E-state index contributed by atoms with van der Waals surface area (Å²) in [7, 11) is 1.55. The van der Waals surface area contributed by atoms with E-state index in [0.29, 0.717) is 22.2 Å². The van der Waals surface area contributed by atoms with Crippen LogP contribution >= 0.6 is 11.8 Å². The monoisotopic (exact) mass is 423 g/mol. The van der Waals surface area contributed by atoms with Gasteiger partial charge in [-0.25, -0.2) is 4.39 Å². The molecule has 0 fully saturated rings. The van der Waals surface area contributed by atoms with Gasteiger partial charge in [0.15, 0.2) is 16.7 Å². The topological polar surface area (TPSA) is 69.2 Å². The molecule has 0 unspecified atom stereocenters. The van der Waals surface area contributed by atoms with E-state index in [1.54, 1.807) is 43.7 Å². The fraction of sp³-hybridized carbons (Fsp3) is 0.130. The van der Waals surface area contributed by atoms with Crippen LogP contribution in [0, 0.1) is 5.82 Å². The Morgan fingerprint density at radius 3 is 2.57 bits per heavy atom. The summed E-state index contributed by atoms with van der Waals surface area (Å²) in [5, 5.41) is 8.44. The highest BCUT2D eigenvalue weighted by molar-refractivity contribution is 8.13. The molecule has 0 atom stereocenters. The second kappa shape index (κ2) is 11.0. The maximum absolute atomic E-state index is 13.8. The number of rotatable bonds is 8. The van der Waals surface area contributed by atoms with Crippen molar-refractivity contribution in [1.29, 1.82) is 0 Å². The molecule has 30 heavy (non-hydrogen) atoms. The van der Waals surface area contributed by atoms with Gasteiger partial charge in [-0.1, -0.05) is 60.3 Å². The third kappa shape index (κ3) is 6.35. The third-order valence-electron chi connectivity index (χ3n) is 4.12. The summed E-state index contributed by atoms with van der Waals surface area (Å²) in [6.07, 6.45) is 1.57. The second-order valence-corrected chi connectivity index (χ2v) is 7.24. The van der Waals surface area contributed by atoms with E-state index in [1.807, 2.05) is 36.4 Å². The number of benzene rings is 3. The molecule has 2 N–H and O–H groups in total. The first-order valence-electron chi connectivity index (χ1n) is 9.23. The fourth-order valence-electron chi connectivity index (χ4n) is 2.57. The van der Waals surface area contributed by atoms with E-state index in [-0.39, 0.29) is 12.4 Å². The van der Waals surface area contributed by atoms with Crippen molar-refractivity contribution in [2.75, 3.05) is 7.11 Å². The minimum Gasteiger partial charge on any atom is -0.493 e. The predicted molar refractivity (Wildman–Crippen MR) is 121 cm³/mol. The maximum atomic E-state index is 13.8. The molecule has 0 spiro atoms. The van der Waals surface area contributed by atoms with Gasteiger partial charge in [0.1, 0.15) is 12.4 Å². The molecular formula is C23H22FN3O2S. The van der Waals surface area contributed by atoms with Gasteiger partial charge in [0.2, 0.25) is 0 Å². The standard InChI is InChI=1S/C23H22FN3O2S/c1-28-21-12-11-18(13-22(21)29-15-19-9-5-6-10-20(19)24)14-26-27-23(25)30-16-17-7-3-2-4-8-17/h2-14H,15-16H2,1H3,(H2,25,27). The Morgan fingerprint density at radius 1 is 1.03 bits per heavy atom. The Hall–Kier alpha value is -3.32. The van der Waals surface area contributed by atoms with Crippen LogP contribution in [0.3, 0.4) is 0 Å². The van der Waals surface area contributed by atoms with Crippen LogP contribution in [0.2, 0.25) is 0 Å². The highest BCUT2D eigenvalue weighted by Crippen LogP contribution is 2.28. The Labute approximate surface area is 179 Å². The zero-order valence-corrected chi connectivity index (χ0v) is 17.3. The van der Waals surface area contributed by atoms with Crippen LogP contribution in [0.15, 0.2) is 83.0 Å². The van der Waals surface area contributed by atoms with Gasteiger partial charge in [0.05, 0.1) is 13.3 Å². The number of ether oxygens (including phenoxy) is 2. The SMILES string of the molecule is COc1ccc(C=NN=C(N)SCc2ccccc2)cc1OCc1ccccc1F. The molecule has 0 saturated heterocycles. The molecule has 0 heterocycles. The smallest absolute Gasteiger partial charge is 0.180 e. The molecule has 0 saturated carbocycles. The summed E-state index contributed by atoms with van der Waals surface area (Å²) in [6, 6.07) is 21.8. The van der Waals surface area contributed by atoms with Gasteiger partial charge >= 0.3 is 0 Å². The largest absolute Gasteiger partial charge is 0.493 e. The van der Waals surface area contributed by atoms with Gasteiger partial charge in [-0.2, -0.15) is 5.10 Å². The van der Waals surface area contributed by atoms with E-state index in [2.05, 4.69) is 10.2 Å². The van der Waals surface area contributed by atoms with E-state index in [9.17, 15) is 4.39 Å². The van der Waals surface area contributed by atoms with Crippen molar-refractivity contribution >= 4 is 23.1 Å². The minimum atomic E-state index is -0.313. The summed E-state index contributed by atoms with van der Waals surface area (Å²) in [6.45, 7) is 0.0882. The van der Waals surface area contributed by atoms with Crippen molar-refractivity contribution in [3.05, 3.63) is 95.3 Å². The summed E-state index contributed by atoms with van der Waals surface area (Å²) in [4.78, 5) is 0. The molecule has 0 aliphatic heterocycles. The lowest BCUT2D eigenvalue weighted by atomic mass is 10.2. The molecule has 0 aliphatic carbocycles. The van der Waals surface area contributed by atoms with Crippen molar-refractivity contribution in [3.63, 3.8) is 0 Å². The zero-order valence-electron chi connectivity index (χ0n) is 16.5. The second-order valence-electron chi connectivity index (χ2n) is 6.25. The average molecular weight is 424 g/mol. The predicted octanol–water partition coefficient (Wildman–Crippen LogP) is 5.00. The molecule has 0 aliphatic rings. The average Bonchev–Trinajstić information content (AvgIpc) is 2.78. The van der Waals surface area contributed by atoms with Crippen molar-refractivity contribution in [2.24, 2.45) is 15.9 Å². The molecule has 0 aromatic heterocycles. The Kier molecular flexibility index (Phi) is 7.86. The Bertz CT molecular complexity index is 1030. The highest BCUT2D eigenvalue weighted by atomic mass is 32.2. The summed E-state index contributed by atoms with van der Waals surface area (Å²) >= 11 is 1.41. The fourth-order valence-corrected chi connectivity index (χ4v) is 3.18. The first-order chi connectivity index (χ1) is 14.7. The number of halogens is 1. The lowest BCUT2D eigenvalue weighted by Gasteiger charge is -2.11. The van der Waals surface area contributed by atoms with E-state index < -0.39 is 0 Å². The van der Waals surface area contributed by atoms with Gasteiger partial charge in [0, 0.05) is 11.3 Å². The number of nitrogens with zero attached hydrogens (tertiary/aromatic N) is 2. The van der Waals surface area contributed by atoms with Crippen molar-refractivity contribution in [1.82, 2.24) is 0 Å². The van der Waals surface area contributed by atoms with Crippen molar-refractivity contribution < 1.29 is 13.9 Å². The van der Waals surface area contributed by atoms with E-state index in [0.717, 1.165) is 16.9 Å². The molecular weight excluding hydrogens is 401 g/mol. The van der Waals surface area contributed by atoms with E-state index in [4.69, 9.17) is 15.2 Å². The van der Waals surface area contributed by atoms with Gasteiger partial charge < -0.3 is 15.2 Å². The van der Waals surface area contributed by atoms with Gasteiger partial charge in [-0.05, 0) is 35.4 Å². The molecule has 3 rings (SSSR count). The summed E-state index contributed by atoms with van der Waals surface area (Å²) in [5.74, 6) is 1.44. The Morgan fingerprint density at radius 2 is 1.80 bits per heavy atom. The number of methoxy groups -OCH3 is 1. The van der Waals surface area contributed by atoms with Crippen molar-refractivity contribution in [3.8, 4) is 11.5 Å². The molecule has 3 aromatic carbocycles. The first kappa shape index (κ1) is 21.4. The van der Waals surface area contributed by atoms with Gasteiger partial charge in [-0.15, -0.1) is 5.10 Å². The summed E-state index contributed by atoms with van der Waals surface area (Å²) < 4.78 is 24.9. The molecule has 3 aromatic rings. The molecule has 7 heteroatoms. The van der Waals surface area contributed by atoms with Crippen LogP contribution in [-0.2, 0) is 12.4 Å². The normalized spacial score (nSPS) is 11.6. The lowest BCUT2D eigenvalue weighted by Crippen LogP contribution is -2.06. The first-order valence-corrected chi connectivity index (χ1v) is 10.2. The van der Waals surface area contributed by atoms with Crippen LogP contribution in [0.1, 0.15) is 16.7 Å². The van der Waals surface area contributed by atoms with Crippen LogP contribution in [0.4, 0.5) is 4.39 Å². The minimum absolute atomic E-state index is 0.0882. The number of thioether (sulfide) groups is 1. The number of amidine groups is 1. The van der Waals surface area contributed by atoms with Crippen LogP contribution in [0.25, 0.3) is 0 Å². The van der Waals surface area contributed by atoms with Crippen LogP contribution in [0.5, 0.6) is 11.5 Å². The molecule has 0 amide bonds. The molecule has 0 bridgehead atoms. The van der Waals surface area contributed by atoms with Gasteiger partial charge in [-0.3, -0.25) is 0 Å². The van der Waals surface area contributed by atoms with E-state index >= 15 is 0 Å². The lowest BCUT2D eigenvalue weighted by molar-refractivity contribution is 0.279. The van der Waals surface area contributed by atoms with Crippen LogP contribution < -0.4 is 15.2 Å². The highest BCUT2D eigenvalue weighted by Gasteiger charge is 2.08. The Balaban J connectivity index is 1.62. The number of nitrogens with two attached hydrogens (primary N) is 1. The van der Waals surface area contributed by atoms with Crippen LogP contribution in [-0.4, -0.2) is 18.5 Å². The van der Waals surface area contributed by atoms with Gasteiger partial charge in [0.25, 0.3) is 0 Å². The molecule has 0 radical (unpaired) electrons. The third-order valence-corrected chi connectivity index (χ3v) is 4.98. The molecule has 154 valence electrons. The maximum Gasteiger partial charge on any atom is 0.180 e.